The summed E-state index contributed by atoms with van der Waals surface area (Å²) in [5, 5.41) is 0.926. The van der Waals surface area contributed by atoms with Crippen LogP contribution in [-0.4, -0.2) is 6.73 Å². The van der Waals surface area contributed by atoms with Gasteiger partial charge in [0.05, 0.1) is 12.1 Å². The first-order valence-corrected chi connectivity index (χ1v) is 8.53. The monoisotopic (exact) mass is 385 g/mol. The van der Waals surface area contributed by atoms with Crippen LogP contribution < -0.4 is 15.3 Å². The maximum atomic E-state index is 12.1. The van der Waals surface area contributed by atoms with Gasteiger partial charge in [0.15, 0.2) is 6.73 Å². The summed E-state index contributed by atoms with van der Waals surface area (Å²) >= 11 is 3.30. The molecule has 122 valence electrons. The van der Waals surface area contributed by atoms with E-state index in [4.69, 9.17) is 9.15 Å². The molecule has 1 aromatic heterocycles. The highest BCUT2D eigenvalue weighted by atomic mass is 79.9. The Morgan fingerprint density at radius 1 is 1.17 bits per heavy atom. The first-order chi connectivity index (χ1) is 11.5. The molecule has 2 heterocycles. The fraction of sp³-hybridized carbons (Fsp3) is 0.211. The molecule has 0 atom stereocenters. The number of fused-ring (bicyclic) bond motifs is 3. The Morgan fingerprint density at radius 2 is 2.00 bits per heavy atom. The summed E-state index contributed by atoms with van der Waals surface area (Å²) in [7, 11) is 0. The van der Waals surface area contributed by atoms with Gasteiger partial charge in [-0.05, 0) is 65.2 Å². The summed E-state index contributed by atoms with van der Waals surface area (Å²) in [5.41, 5.74) is 4.33. The Labute approximate surface area is 147 Å². The van der Waals surface area contributed by atoms with Gasteiger partial charge in [0.25, 0.3) is 0 Å². The SMILES string of the molecule is Cc1cccc(N2COc3ccc4c(C)c(Br)c(=O)oc4c3C2)c1. The molecule has 0 radical (unpaired) electrons. The highest BCUT2D eigenvalue weighted by Gasteiger charge is 2.23. The summed E-state index contributed by atoms with van der Waals surface area (Å²) in [6.45, 7) is 5.09. The topological polar surface area (TPSA) is 42.7 Å². The Bertz CT molecular complexity index is 1010. The van der Waals surface area contributed by atoms with Crippen LogP contribution in [0.25, 0.3) is 11.0 Å². The third-order valence-electron chi connectivity index (χ3n) is 4.42. The van der Waals surface area contributed by atoms with Gasteiger partial charge in [-0.1, -0.05) is 12.1 Å². The highest BCUT2D eigenvalue weighted by molar-refractivity contribution is 9.10. The van der Waals surface area contributed by atoms with Gasteiger partial charge in [-0.2, -0.15) is 0 Å². The number of anilines is 1. The number of halogens is 1. The van der Waals surface area contributed by atoms with Gasteiger partial charge >= 0.3 is 5.63 Å². The molecule has 0 saturated carbocycles. The number of ether oxygens (including phenoxy) is 1. The minimum absolute atomic E-state index is 0.360. The molecule has 0 amide bonds. The predicted octanol–water partition coefficient (Wildman–Crippen LogP) is 4.53. The van der Waals surface area contributed by atoms with Gasteiger partial charge < -0.3 is 14.1 Å². The average molecular weight is 386 g/mol. The van der Waals surface area contributed by atoms with E-state index in [1.165, 1.54) is 5.56 Å². The number of aryl methyl sites for hydroxylation is 2. The lowest BCUT2D eigenvalue weighted by Gasteiger charge is -2.31. The van der Waals surface area contributed by atoms with Crippen molar-refractivity contribution in [2.24, 2.45) is 0 Å². The summed E-state index contributed by atoms with van der Waals surface area (Å²) in [4.78, 5) is 14.2. The molecule has 0 unspecified atom stereocenters. The van der Waals surface area contributed by atoms with E-state index in [-0.39, 0.29) is 5.63 Å². The molecule has 0 spiro atoms. The number of rotatable bonds is 1. The van der Waals surface area contributed by atoms with E-state index >= 15 is 0 Å². The van der Waals surface area contributed by atoms with Crippen molar-refractivity contribution in [2.75, 3.05) is 11.6 Å². The first-order valence-electron chi connectivity index (χ1n) is 7.74. The molecule has 1 aliphatic heterocycles. The molecule has 24 heavy (non-hydrogen) atoms. The van der Waals surface area contributed by atoms with Crippen LogP contribution in [0.4, 0.5) is 5.69 Å². The molecule has 3 aromatic rings. The average Bonchev–Trinajstić information content (AvgIpc) is 2.59. The number of hydrogen-bond acceptors (Lipinski definition) is 4. The molecule has 0 N–H and O–H groups in total. The van der Waals surface area contributed by atoms with Gasteiger partial charge in [-0.25, -0.2) is 4.79 Å². The second kappa shape index (κ2) is 5.67. The zero-order chi connectivity index (χ0) is 16.8. The standard InChI is InChI=1S/C19H16BrNO3/c1-11-4-3-5-13(8-11)21-9-15-16(23-10-21)7-6-14-12(2)17(20)19(22)24-18(14)15/h3-8H,9-10H2,1-2H3. The van der Waals surface area contributed by atoms with Crippen molar-refractivity contribution in [2.45, 2.75) is 20.4 Å². The summed E-state index contributed by atoms with van der Waals surface area (Å²) in [5.74, 6) is 0.774. The normalized spacial score (nSPS) is 13.7. The van der Waals surface area contributed by atoms with E-state index < -0.39 is 0 Å². The van der Waals surface area contributed by atoms with Crippen molar-refractivity contribution >= 4 is 32.6 Å². The maximum Gasteiger partial charge on any atom is 0.350 e. The zero-order valence-corrected chi connectivity index (χ0v) is 15.0. The molecule has 0 saturated heterocycles. The minimum Gasteiger partial charge on any atom is -0.473 e. The highest BCUT2D eigenvalue weighted by Crippen LogP contribution is 2.35. The summed E-state index contributed by atoms with van der Waals surface area (Å²) in [6.07, 6.45) is 0. The third-order valence-corrected chi connectivity index (χ3v) is 5.33. The fourth-order valence-corrected chi connectivity index (χ4v) is 3.38. The van der Waals surface area contributed by atoms with Crippen molar-refractivity contribution in [1.82, 2.24) is 0 Å². The van der Waals surface area contributed by atoms with Crippen LogP contribution in [-0.2, 0) is 6.54 Å². The van der Waals surface area contributed by atoms with E-state index in [2.05, 4.69) is 46.0 Å². The molecule has 4 rings (SSSR count). The lowest BCUT2D eigenvalue weighted by molar-refractivity contribution is 0.289. The molecule has 1 aliphatic rings. The maximum absolute atomic E-state index is 12.1. The smallest absolute Gasteiger partial charge is 0.350 e. The second-order valence-electron chi connectivity index (χ2n) is 6.06. The van der Waals surface area contributed by atoms with E-state index in [1.807, 2.05) is 25.1 Å². The fourth-order valence-electron chi connectivity index (χ4n) is 3.09. The second-order valence-corrected chi connectivity index (χ2v) is 6.85. The number of nitrogens with zero attached hydrogens (tertiary/aromatic N) is 1. The van der Waals surface area contributed by atoms with Crippen LogP contribution in [0.1, 0.15) is 16.7 Å². The molecular weight excluding hydrogens is 370 g/mol. The van der Waals surface area contributed by atoms with Crippen molar-refractivity contribution < 1.29 is 9.15 Å². The van der Waals surface area contributed by atoms with Crippen LogP contribution in [0.3, 0.4) is 0 Å². The molecule has 5 heteroatoms. The summed E-state index contributed by atoms with van der Waals surface area (Å²) < 4.78 is 11.9. The van der Waals surface area contributed by atoms with E-state index in [0.29, 0.717) is 23.3 Å². The molecule has 0 bridgehead atoms. The molecular formula is C19H16BrNO3. The van der Waals surface area contributed by atoms with Gasteiger partial charge in [0.1, 0.15) is 15.8 Å². The van der Waals surface area contributed by atoms with Gasteiger partial charge in [0, 0.05) is 11.1 Å². The van der Waals surface area contributed by atoms with Gasteiger partial charge in [-0.15, -0.1) is 0 Å². The van der Waals surface area contributed by atoms with E-state index in [9.17, 15) is 4.79 Å². The van der Waals surface area contributed by atoms with Crippen molar-refractivity contribution in [3.8, 4) is 5.75 Å². The van der Waals surface area contributed by atoms with Crippen LogP contribution in [0.15, 0.2) is 50.1 Å². The van der Waals surface area contributed by atoms with Crippen LogP contribution in [0.5, 0.6) is 5.75 Å². The van der Waals surface area contributed by atoms with E-state index in [1.54, 1.807) is 0 Å². The zero-order valence-electron chi connectivity index (χ0n) is 13.4. The molecule has 0 fully saturated rings. The Balaban J connectivity index is 1.86. The number of benzene rings is 2. The van der Waals surface area contributed by atoms with Crippen LogP contribution >= 0.6 is 15.9 Å². The lowest BCUT2D eigenvalue weighted by Crippen LogP contribution is -2.32. The van der Waals surface area contributed by atoms with Crippen LogP contribution in [0, 0.1) is 13.8 Å². The van der Waals surface area contributed by atoms with Crippen LogP contribution in [0.2, 0.25) is 0 Å². The molecule has 0 aliphatic carbocycles. The Hall–Kier alpha value is -2.27. The molecule has 2 aromatic carbocycles. The Kier molecular flexibility index (Phi) is 3.61. The van der Waals surface area contributed by atoms with Gasteiger partial charge in [0.2, 0.25) is 0 Å². The Morgan fingerprint density at radius 3 is 2.79 bits per heavy atom. The molecule has 4 nitrogen and oxygen atoms in total. The largest absolute Gasteiger partial charge is 0.473 e. The lowest BCUT2D eigenvalue weighted by atomic mass is 10.0. The first kappa shape index (κ1) is 15.3. The van der Waals surface area contributed by atoms with E-state index in [0.717, 1.165) is 28.0 Å². The quantitative estimate of drug-likeness (QED) is 0.577. The van der Waals surface area contributed by atoms with Crippen molar-refractivity contribution in [3.05, 3.63) is 68.0 Å². The minimum atomic E-state index is -0.360. The number of hydrogen-bond donors (Lipinski definition) is 0. The predicted molar refractivity (Wildman–Crippen MR) is 97.8 cm³/mol. The third kappa shape index (κ3) is 2.40. The summed E-state index contributed by atoms with van der Waals surface area (Å²) in [6, 6.07) is 12.2. The van der Waals surface area contributed by atoms with Crippen molar-refractivity contribution in [3.63, 3.8) is 0 Å². The van der Waals surface area contributed by atoms with Crippen molar-refractivity contribution in [1.29, 1.82) is 0 Å². The van der Waals surface area contributed by atoms with Gasteiger partial charge in [-0.3, -0.25) is 0 Å².